The molecule has 0 saturated carbocycles. The van der Waals surface area contributed by atoms with Gasteiger partial charge in [0, 0.05) is 24.8 Å². The molecule has 1 amide bonds. The molecule has 0 atom stereocenters. The number of aromatic nitrogens is 2. The number of piperidine rings is 1. The van der Waals surface area contributed by atoms with Crippen molar-refractivity contribution in [3.8, 4) is 0 Å². The number of carbonyl (C=O) groups excluding carboxylic acids is 1. The highest BCUT2D eigenvalue weighted by molar-refractivity contribution is 6.03. The fraction of sp³-hybridized carbons (Fsp3) is 0.421. The van der Waals surface area contributed by atoms with Crippen LogP contribution >= 0.6 is 0 Å². The van der Waals surface area contributed by atoms with Gasteiger partial charge in [0.05, 0.1) is 0 Å². The number of anilines is 2. The molecule has 1 aliphatic rings. The van der Waals surface area contributed by atoms with Crippen molar-refractivity contribution in [2.75, 3.05) is 23.3 Å². The summed E-state index contributed by atoms with van der Waals surface area (Å²) >= 11 is 0. The van der Waals surface area contributed by atoms with Gasteiger partial charge in [-0.1, -0.05) is 24.6 Å². The van der Waals surface area contributed by atoms with Crippen molar-refractivity contribution in [1.82, 2.24) is 9.97 Å². The number of rotatable bonds is 3. The van der Waals surface area contributed by atoms with Crippen LogP contribution in [0.15, 0.2) is 30.3 Å². The molecule has 0 unspecified atom stereocenters. The predicted molar refractivity (Wildman–Crippen MR) is 96.5 cm³/mol. The van der Waals surface area contributed by atoms with Crippen molar-refractivity contribution in [1.29, 1.82) is 0 Å². The molecule has 0 aliphatic carbocycles. The van der Waals surface area contributed by atoms with Crippen LogP contribution in [-0.2, 0) is 0 Å². The minimum absolute atomic E-state index is 0.198. The van der Waals surface area contributed by atoms with Gasteiger partial charge in [0.1, 0.15) is 17.3 Å². The molecule has 1 fully saturated rings. The molecule has 2 aromatic rings. The molecule has 1 aromatic carbocycles. The standard InChI is InChI=1S/C19H24N4O/c1-13-4-6-16(7-5-13)22-19(24)17-12-18(21-15(3)20-17)23-10-8-14(2)9-11-23/h4-7,12,14H,8-11H2,1-3H3,(H,22,24). The minimum Gasteiger partial charge on any atom is -0.356 e. The Kier molecular flexibility index (Phi) is 4.79. The van der Waals surface area contributed by atoms with Crippen LogP contribution < -0.4 is 10.2 Å². The number of nitrogens with zero attached hydrogens (tertiary/aromatic N) is 3. The Morgan fingerprint density at radius 3 is 2.46 bits per heavy atom. The molecule has 24 heavy (non-hydrogen) atoms. The number of carbonyl (C=O) groups is 1. The number of hydrogen-bond acceptors (Lipinski definition) is 4. The fourth-order valence-corrected chi connectivity index (χ4v) is 2.90. The van der Waals surface area contributed by atoms with Crippen LogP contribution in [0, 0.1) is 19.8 Å². The Morgan fingerprint density at radius 2 is 1.79 bits per heavy atom. The molecule has 0 bridgehead atoms. The molecular weight excluding hydrogens is 300 g/mol. The Labute approximate surface area is 143 Å². The number of aryl methyl sites for hydroxylation is 2. The van der Waals surface area contributed by atoms with E-state index in [2.05, 4.69) is 27.1 Å². The van der Waals surface area contributed by atoms with Gasteiger partial charge < -0.3 is 10.2 Å². The summed E-state index contributed by atoms with van der Waals surface area (Å²) in [5, 5.41) is 2.90. The first-order chi connectivity index (χ1) is 11.5. The van der Waals surface area contributed by atoms with E-state index in [-0.39, 0.29) is 5.91 Å². The maximum atomic E-state index is 12.5. The SMILES string of the molecule is Cc1ccc(NC(=O)c2cc(N3CCC(C)CC3)nc(C)n2)cc1. The van der Waals surface area contributed by atoms with Gasteiger partial charge in [0.2, 0.25) is 0 Å². The van der Waals surface area contributed by atoms with Gasteiger partial charge in [-0.3, -0.25) is 4.79 Å². The van der Waals surface area contributed by atoms with Crippen molar-refractivity contribution in [3.63, 3.8) is 0 Å². The Hall–Kier alpha value is -2.43. The van der Waals surface area contributed by atoms with E-state index in [1.807, 2.05) is 38.1 Å². The molecule has 0 spiro atoms. The van der Waals surface area contributed by atoms with Gasteiger partial charge >= 0.3 is 0 Å². The van der Waals surface area contributed by atoms with Crippen molar-refractivity contribution >= 4 is 17.4 Å². The predicted octanol–water partition coefficient (Wildman–Crippen LogP) is 3.58. The largest absolute Gasteiger partial charge is 0.356 e. The smallest absolute Gasteiger partial charge is 0.274 e. The Balaban J connectivity index is 1.77. The second-order valence-corrected chi connectivity index (χ2v) is 6.65. The number of nitrogens with one attached hydrogen (secondary N) is 1. The summed E-state index contributed by atoms with van der Waals surface area (Å²) in [5.41, 5.74) is 2.35. The second-order valence-electron chi connectivity index (χ2n) is 6.65. The summed E-state index contributed by atoms with van der Waals surface area (Å²) in [7, 11) is 0. The maximum absolute atomic E-state index is 12.5. The molecule has 1 saturated heterocycles. The third-order valence-corrected chi connectivity index (χ3v) is 4.47. The van der Waals surface area contributed by atoms with Crippen molar-refractivity contribution in [3.05, 3.63) is 47.4 Å². The first kappa shape index (κ1) is 16.4. The summed E-state index contributed by atoms with van der Waals surface area (Å²) in [5.74, 6) is 2.04. The van der Waals surface area contributed by atoms with Gasteiger partial charge in [0.15, 0.2) is 0 Å². The van der Waals surface area contributed by atoms with Crippen LogP contribution in [0.3, 0.4) is 0 Å². The van der Waals surface area contributed by atoms with E-state index >= 15 is 0 Å². The number of amides is 1. The Bertz CT molecular complexity index is 719. The summed E-state index contributed by atoms with van der Waals surface area (Å²) in [4.78, 5) is 23.6. The summed E-state index contributed by atoms with van der Waals surface area (Å²) in [6.07, 6.45) is 2.32. The zero-order valence-corrected chi connectivity index (χ0v) is 14.5. The summed E-state index contributed by atoms with van der Waals surface area (Å²) in [6, 6.07) is 9.54. The van der Waals surface area contributed by atoms with E-state index in [0.717, 1.165) is 48.9 Å². The lowest BCUT2D eigenvalue weighted by atomic mass is 9.99. The van der Waals surface area contributed by atoms with Gasteiger partial charge in [-0.05, 0) is 44.7 Å². The Morgan fingerprint density at radius 1 is 1.12 bits per heavy atom. The molecule has 1 aliphatic heterocycles. The summed E-state index contributed by atoms with van der Waals surface area (Å²) in [6.45, 7) is 8.10. The zero-order valence-electron chi connectivity index (χ0n) is 14.5. The molecule has 5 heteroatoms. The van der Waals surface area contributed by atoms with Gasteiger partial charge in [-0.2, -0.15) is 0 Å². The van der Waals surface area contributed by atoms with Gasteiger partial charge in [-0.15, -0.1) is 0 Å². The average Bonchev–Trinajstić information content (AvgIpc) is 2.57. The van der Waals surface area contributed by atoms with Crippen LogP contribution in [0.1, 0.15) is 41.6 Å². The number of benzene rings is 1. The molecule has 0 radical (unpaired) electrons. The lowest BCUT2D eigenvalue weighted by Crippen LogP contribution is -2.34. The molecule has 1 N–H and O–H groups in total. The van der Waals surface area contributed by atoms with Crippen molar-refractivity contribution < 1.29 is 4.79 Å². The fourth-order valence-electron chi connectivity index (χ4n) is 2.90. The first-order valence-electron chi connectivity index (χ1n) is 8.50. The van der Waals surface area contributed by atoms with Crippen LogP contribution in [0.2, 0.25) is 0 Å². The van der Waals surface area contributed by atoms with Crippen LogP contribution in [0.4, 0.5) is 11.5 Å². The highest BCUT2D eigenvalue weighted by Gasteiger charge is 2.19. The third kappa shape index (κ3) is 3.91. The van der Waals surface area contributed by atoms with Crippen LogP contribution in [-0.4, -0.2) is 29.0 Å². The average molecular weight is 324 g/mol. The van der Waals surface area contributed by atoms with E-state index < -0.39 is 0 Å². The first-order valence-corrected chi connectivity index (χ1v) is 8.50. The zero-order chi connectivity index (χ0) is 17.1. The quantitative estimate of drug-likeness (QED) is 0.937. The van der Waals surface area contributed by atoms with Crippen molar-refractivity contribution in [2.45, 2.75) is 33.6 Å². The molecule has 126 valence electrons. The molecule has 5 nitrogen and oxygen atoms in total. The third-order valence-electron chi connectivity index (χ3n) is 4.47. The van der Waals surface area contributed by atoms with Crippen LogP contribution in [0.25, 0.3) is 0 Å². The molecule has 3 rings (SSSR count). The molecule has 1 aromatic heterocycles. The highest BCUT2D eigenvalue weighted by Crippen LogP contribution is 2.22. The van der Waals surface area contributed by atoms with E-state index in [1.54, 1.807) is 6.07 Å². The van der Waals surface area contributed by atoms with E-state index in [4.69, 9.17) is 0 Å². The second kappa shape index (κ2) is 6.99. The van der Waals surface area contributed by atoms with E-state index in [1.165, 1.54) is 0 Å². The van der Waals surface area contributed by atoms with E-state index in [0.29, 0.717) is 11.5 Å². The molecular formula is C19H24N4O. The lowest BCUT2D eigenvalue weighted by molar-refractivity contribution is 0.102. The molecule has 2 heterocycles. The monoisotopic (exact) mass is 324 g/mol. The van der Waals surface area contributed by atoms with Crippen molar-refractivity contribution in [2.24, 2.45) is 5.92 Å². The van der Waals surface area contributed by atoms with Crippen LogP contribution in [0.5, 0.6) is 0 Å². The maximum Gasteiger partial charge on any atom is 0.274 e. The van der Waals surface area contributed by atoms with Gasteiger partial charge in [-0.25, -0.2) is 9.97 Å². The van der Waals surface area contributed by atoms with E-state index in [9.17, 15) is 4.79 Å². The lowest BCUT2D eigenvalue weighted by Gasteiger charge is -2.31. The topological polar surface area (TPSA) is 58.1 Å². The highest BCUT2D eigenvalue weighted by atomic mass is 16.1. The number of hydrogen-bond donors (Lipinski definition) is 1. The normalized spacial score (nSPS) is 15.4. The minimum atomic E-state index is -0.198. The summed E-state index contributed by atoms with van der Waals surface area (Å²) < 4.78 is 0. The van der Waals surface area contributed by atoms with Gasteiger partial charge in [0.25, 0.3) is 5.91 Å².